The fourth-order valence-electron chi connectivity index (χ4n) is 8.22. The maximum absolute atomic E-state index is 14.7. The lowest BCUT2D eigenvalue weighted by atomic mass is 9.91. The fraction of sp³-hybridized carbons (Fsp3) is 0.463. The number of hydrogen-bond donors (Lipinski definition) is 2. The highest BCUT2D eigenvalue weighted by molar-refractivity contribution is 7.91. The van der Waals surface area contributed by atoms with Crippen molar-refractivity contribution in [2.24, 2.45) is 18.4 Å². The van der Waals surface area contributed by atoms with E-state index in [0.717, 1.165) is 12.8 Å². The third kappa shape index (κ3) is 7.51. The molecule has 0 spiro atoms. The number of benzene rings is 2. The summed E-state index contributed by atoms with van der Waals surface area (Å²) in [6.07, 6.45) is 8.43. The number of aromatic nitrogens is 3. The van der Waals surface area contributed by atoms with Gasteiger partial charge >= 0.3 is 0 Å². The monoisotopic (exact) mass is 802 g/mol. The average Bonchev–Trinajstić information content (AvgIpc) is 3.96. The van der Waals surface area contributed by atoms with Crippen LogP contribution in [0.2, 0.25) is 0 Å². The van der Waals surface area contributed by atoms with Crippen LogP contribution in [-0.4, -0.2) is 81.1 Å². The first-order valence-electron chi connectivity index (χ1n) is 19.4. The molecule has 2 aromatic carbocycles. The van der Waals surface area contributed by atoms with Crippen LogP contribution < -0.4 is 14.8 Å². The van der Waals surface area contributed by atoms with Crippen LogP contribution >= 0.6 is 0 Å². The summed E-state index contributed by atoms with van der Waals surface area (Å²) in [5.74, 6) is -3.67. The molecule has 4 heterocycles. The number of fused-ring (bicyclic) bond motifs is 5. The van der Waals surface area contributed by atoms with Crippen LogP contribution in [0.25, 0.3) is 21.7 Å². The van der Waals surface area contributed by atoms with Crippen molar-refractivity contribution in [1.29, 1.82) is 0 Å². The Kier molecular flexibility index (Phi) is 9.89. The number of carbonyl (C=O) groups excluding carboxylic acids is 4. The maximum Gasteiger partial charge on any atom is 0.272 e. The van der Waals surface area contributed by atoms with Crippen molar-refractivity contribution in [3.8, 4) is 5.88 Å². The highest BCUT2D eigenvalue weighted by Crippen LogP contribution is 2.57. The number of nitrogens with one attached hydrogen (secondary N) is 2. The highest BCUT2D eigenvalue weighted by Gasteiger charge is 2.62. The van der Waals surface area contributed by atoms with Crippen LogP contribution in [0.4, 0.5) is 8.78 Å². The van der Waals surface area contributed by atoms with E-state index < -0.39 is 73.5 Å². The number of halogens is 2. The zero-order valence-corrected chi connectivity index (χ0v) is 32.5. The summed E-state index contributed by atoms with van der Waals surface area (Å²) in [7, 11) is -2.33. The number of allylic oxidation sites excluding steroid dienone is 2. The van der Waals surface area contributed by atoms with E-state index in [0.29, 0.717) is 41.8 Å². The average molecular weight is 803 g/mol. The van der Waals surface area contributed by atoms with Crippen LogP contribution in [0.3, 0.4) is 0 Å². The summed E-state index contributed by atoms with van der Waals surface area (Å²) in [6.45, 7) is 1.48. The molecule has 57 heavy (non-hydrogen) atoms. The minimum Gasteiger partial charge on any atom is -0.472 e. The summed E-state index contributed by atoms with van der Waals surface area (Å²) >= 11 is 0. The second-order valence-corrected chi connectivity index (χ2v) is 18.4. The molecule has 3 amide bonds. The lowest BCUT2D eigenvalue weighted by Gasteiger charge is -2.29. The predicted octanol–water partition coefficient (Wildman–Crippen LogP) is 5.03. The normalized spacial score (nSPS) is 26.8. The molecule has 4 aromatic rings. The molecule has 2 aliphatic carbocycles. The molecular formula is C41H44F2N6O7S. The van der Waals surface area contributed by atoms with Gasteiger partial charge in [-0.05, 0) is 93.2 Å². The van der Waals surface area contributed by atoms with Crippen LogP contribution in [0.5, 0.6) is 5.88 Å². The van der Waals surface area contributed by atoms with Gasteiger partial charge in [0.1, 0.15) is 29.5 Å². The zero-order valence-electron chi connectivity index (χ0n) is 31.7. The number of carbonyl (C=O) groups is 4. The Morgan fingerprint density at radius 1 is 0.982 bits per heavy atom. The topological polar surface area (TPSA) is 170 Å². The van der Waals surface area contributed by atoms with Crippen LogP contribution in [0.1, 0.15) is 81.6 Å². The minimum atomic E-state index is -4.00. The quantitative estimate of drug-likeness (QED) is 0.192. The van der Waals surface area contributed by atoms with Crippen LogP contribution in [0.15, 0.2) is 60.8 Å². The van der Waals surface area contributed by atoms with Crippen molar-refractivity contribution in [3.63, 3.8) is 0 Å². The van der Waals surface area contributed by atoms with Crippen molar-refractivity contribution in [2.75, 3.05) is 6.54 Å². The lowest BCUT2D eigenvalue weighted by molar-refractivity contribution is -0.140. The van der Waals surface area contributed by atoms with Gasteiger partial charge in [-0.3, -0.25) is 28.6 Å². The molecule has 1 saturated heterocycles. The first kappa shape index (κ1) is 38.6. The molecule has 16 heteroatoms. The van der Waals surface area contributed by atoms with Gasteiger partial charge in [0.05, 0.1) is 28.3 Å². The van der Waals surface area contributed by atoms with Crippen molar-refractivity contribution >= 4 is 55.2 Å². The van der Waals surface area contributed by atoms with E-state index >= 15 is 0 Å². The van der Waals surface area contributed by atoms with E-state index in [-0.39, 0.29) is 55.2 Å². The molecular weight excluding hydrogens is 759 g/mol. The summed E-state index contributed by atoms with van der Waals surface area (Å²) in [5.41, 5.74) is -1.00. The largest absolute Gasteiger partial charge is 0.472 e. The van der Waals surface area contributed by atoms with Gasteiger partial charge in [0.2, 0.25) is 27.7 Å². The smallest absolute Gasteiger partial charge is 0.272 e. The van der Waals surface area contributed by atoms with E-state index in [4.69, 9.17) is 4.74 Å². The number of aryl methyl sites for hydroxylation is 1. The van der Waals surface area contributed by atoms with Crippen LogP contribution in [0, 0.1) is 23.0 Å². The van der Waals surface area contributed by atoms with Gasteiger partial charge in [-0.15, -0.1) is 0 Å². The van der Waals surface area contributed by atoms with Crippen molar-refractivity contribution in [2.45, 2.75) is 94.1 Å². The van der Waals surface area contributed by atoms with Gasteiger partial charge in [-0.2, -0.15) is 5.10 Å². The first-order chi connectivity index (χ1) is 27.2. The third-order valence-corrected chi connectivity index (χ3v) is 14.2. The molecule has 13 nitrogen and oxygen atoms in total. The summed E-state index contributed by atoms with van der Waals surface area (Å²) < 4.78 is 64.5. The molecule has 0 unspecified atom stereocenters. The second-order valence-electron chi connectivity index (χ2n) is 16.2. The fourth-order valence-corrected chi connectivity index (χ4v) is 9.56. The number of Topliss-reactive ketones (excluding diaryl/α,β-unsaturated/α-hetero) is 1. The molecule has 5 atom stereocenters. The molecule has 2 N–H and O–H groups in total. The van der Waals surface area contributed by atoms with Gasteiger partial charge in [0.25, 0.3) is 5.91 Å². The molecule has 0 radical (unpaired) electrons. The highest BCUT2D eigenvalue weighted by atomic mass is 32.2. The number of nitrogens with zero attached hydrogens (tertiary/aromatic N) is 4. The van der Waals surface area contributed by atoms with E-state index in [9.17, 15) is 36.4 Å². The summed E-state index contributed by atoms with van der Waals surface area (Å²) in [4.78, 5) is 62.5. The molecule has 8 rings (SSSR count). The first-order valence-corrected chi connectivity index (χ1v) is 20.9. The number of rotatable bonds is 7. The number of hydrogen-bond acceptors (Lipinski definition) is 9. The molecule has 2 aromatic heterocycles. The number of amides is 3. The predicted molar refractivity (Wildman–Crippen MR) is 205 cm³/mol. The Morgan fingerprint density at radius 3 is 2.47 bits per heavy atom. The van der Waals surface area contributed by atoms with Gasteiger partial charge in [-0.1, -0.05) is 25.0 Å². The van der Waals surface area contributed by atoms with Crippen molar-refractivity contribution in [1.82, 2.24) is 29.7 Å². The Morgan fingerprint density at radius 2 is 1.74 bits per heavy atom. The molecule has 2 aliphatic heterocycles. The standard InChI is InChI=1S/C41H44F2N6O7S/c1-40(15-16-40)57(54,55)47-39(53)41-21-24(41)8-6-4-3-5-7-9-32(44-36(51)31-14-17-48(2)46-31)38(52)49-23-27(20-34(49)35(50)22-41)56-37-29-13-11-25(42)18-30(29)28-12-10-26(43)19-33(28)45-37/h6,8,10-14,17-19,24,27,32,34H,3-5,7,9,15-16,20-23H2,1-2H3,(H,44,51)(H,47,53)/b8-6-/t24-,27-,32+,34+,41-/m1/s1. The minimum absolute atomic E-state index is 0.0222. The third-order valence-electron chi connectivity index (χ3n) is 12.1. The number of ketones is 1. The van der Waals surface area contributed by atoms with Crippen molar-refractivity contribution in [3.05, 3.63) is 78.1 Å². The van der Waals surface area contributed by atoms with E-state index in [1.54, 1.807) is 20.2 Å². The van der Waals surface area contributed by atoms with Gasteiger partial charge in [0, 0.05) is 42.9 Å². The summed E-state index contributed by atoms with van der Waals surface area (Å²) in [6, 6.07) is 7.42. The summed E-state index contributed by atoms with van der Waals surface area (Å²) in [5, 5.41) is 8.39. The Labute approximate surface area is 328 Å². The Bertz CT molecular complexity index is 2450. The number of pyridine rings is 1. The van der Waals surface area contributed by atoms with E-state index in [1.807, 2.05) is 12.2 Å². The van der Waals surface area contributed by atoms with Gasteiger partial charge < -0.3 is 15.0 Å². The Balaban J connectivity index is 1.14. The molecule has 2 saturated carbocycles. The molecule has 300 valence electrons. The van der Waals surface area contributed by atoms with E-state index in [1.165, 1.54) is 52.0 Å². The lowest BCUT2D eigenvalue weighted by Crippen LogP contribution is -2.52. The SMILES string of the molecule is Cn1ccc(C(=O)N[C@H]2CCCCC/C=C\[C@@H]3C[C@@]3(C(=O)NS(=O)(=O)C3(C)CC3)CC(=O)[C@@H]3C[C@@H](Oc4nc5cc(F)ccc5c5cc(F)ccc45)CN3C2=O)n1. The van der Waals surface area contributed by atoms with Crippen LogP contribution in [-0.2, 0) is 31.5 Å². The van der Waals surface area contributed by atoms with Gasteiger partial charge in [-0.25, -0.2) is 22.2 Å². The number of sulfonamides is 1. The second kappa shape index (κ2) is 14.6. The molecule has 4 aliphatic rings. The van der Waals surface area contributed by atoms with Crippen molar-refractivity contribution < 1.29 is 41.1 Å². The van der Waals surface area contributed by atoms with Gasteiger partial charge in [0.15, 0.2) is 5.78 Å². The zero-order chi connectivity index (χ0) is 40.3. The van der Waals surface area contributed by atoms with E-state index in [2.05, 4.69) is 20.1 Å². The number of ether oxygens (including phenoxy) is 1. The Hall–Kier alpha value is -5.25. The molecule has 0 bridgehead atoms. The maximum atomic E-state index is 14.7. The molecule has 3 fully saturated rings.